The van der Waals surface area contributed by atoms with Gasteiger partial charge in [-0.2, -0.15) is 9.36 Å². The van der Waals surface area contributed by atoms with Crippen molar-refractivity contribution in [1.29, 1.82) is 0 Å². The van der Waals surface area contributed by atoms with Gasteiger partial charge in [0.2, 0.25) is 0 Å². The van der Waals surface area contributed by atoms with Crippen molar-refractivity contribution in [1.82, 2.24) is 19.8 Å². The molecule has 24 heavy (non-hydrogen) atoms. The zero-order valence-corrected chi connectivity index (χ0v) is 15.8. The second-order valence-electron chi connectivity index (χ2n) is 5.57. The van der Waals surface area contributed by atoms with Crippen molar-refractivity contribution in [3.05, 3.63) is 67.1 Å². The molecule has 0 unspecified atom stereocenters. The molecule has 1 heterocycles. The molecule has 6 nitrogen and oxygen atoms in total. The lowest BCUT2D eigenvalue weighted by Crippen LogP contribution is -2.23. The molecule has 3 aromatic rings. The number of hydrogen-bond donors (Lipinski definition) is 0. The SMILES string of the molecule is Cc1cc(I)ccc1OCc1c(C)cccc1-n1nnn(C)c1=O. The molecular formula is C17H17IN4O2. The predicted octanol–water partition coefficient (Wildman–Crippen LogP) is 2.77. The lowest BCUT2D eigenvalue weighted by molar-refractivity contribution is 0.302. The quantitative estimate of drug-likeness (QED) is 0.591. The van der Waals surface area contributed by atoms with Crippen LogP contribution in [-0.4, -0.2) is 19.8 Å². The average molecular weight is 436 g/mol. The maximum absolute atomic E-state index is 12.2. The molecule has 0 aliphatic carbocycles. The van der Waals surface area contributed by atoms with Gasteiger partial charge in [0.25, 0.3) is 0 Å². The molecule has 0 N–H and O–H groups in total. The highest BCUT2D eigenvalue weighted by Crippen LogP contribution is 2.23. The fraction of sp³-hybridized carbons (Fsp3) is 0.235. The van der Waals surface area contributed by atoms with Gasteiger partial charge < -0.3 is 4.74 Å². The highest BCUT2D eigenvalue weighted by molar-refractivity contribution is 14.1. The summed E-state index contributed by atoms with van der Waals surface area (Å²) in [7, 11) is 1.58. The first-order valence-corrected chi connectivity index (χ1v) is 8.52. The zero-order chi connectivity index (χ0) is 17.3. The summed E-state index contributed by atoms with van der Waals surface area (Å²) >= 11 is 2.28. The zero-order valence-electron chi connectivity index (χ0n) is 13.7. The van der Waals surface area contributed by atoms with Crippen molar-refractivity contribution in [2.45, 2.75) is 20.5 Å². The summed E-state index contributed by atoms with van der Waals surface area (Å²) in [6.45, 7) is 4.36. The Balaban J connectivity index is 1.96. The summed E-state index contributed by atoms with van der Waals surface area (Å²) in [5.74, 6) is 0.830. The van der Waals surface area contributed by atoms with Gasteiger partial charge in [-0.3, -0.25) is 0 Å². The molecular weight excluding hydrogens is 419 g/mol. The van der Waals surface area contributed by atoms with E-state index in [9.17, 15) is 4.79 Å². The number of rotatable bonds is 4. The Morgan fingerprint density at radius 1 is 1.12 bits per heavy atom. The van der Waals surface area contributed by atoms with Gasteiger partial charge in [0, 0.05) is 16.2 Å². The molecule has 2 aromatic carbocycles. The summed E-state index contributed by atoms with van der Waals surface area (Å²) in [6.07, 6.45) is 0. The first kappa shape index (κ1) is 16.7. The molecule has 7 heteroatoms. The number of aryl methyl sites for hydroxylation is 3. The van der Waals surface area contributed by atoms with E-state index in [0.29, 0.717) is 12.3 Å². The van der Waals surface area contributed by atoms with Crippen LogP contribution in [0.4, 0.5) is 0 Å². The minimum atomic E-state index is -0.285. The van der Waals surface area contributed by atoms with Crippen LogP contribution in [0.2, 0.25) is 0 Å². The Kier molecular flexibility index (Phi) is 4.70. The van der Waals surface area contributed by atoms with Crippen LogP contribution in [0, 0.1) is 17.4 Å². The van der Waals surface area contributed by atoms with Crippen LogP contribution in [0.25, 0.3) is 5.69 Å². The summed E-state index contributed by atoms with van der Waals surface area (Å²) in [5.41, 5.74) is 3.43. The first-order chi connectivity index (χ1) is 11.5. The third-order valence-corrected chi connectivity index (χ3v) is 4.52. The van der Waals surface area contributed by atoms with E-state index >= 15 is 0 Å². The van der Waals surface area contributed by atoms with Crippen LogP contribution in [-0.2, 0) is 13.7 Å². The van der Waals surface area contributed by atoms with Crippen LogP contribution in [0.1, 0.15) is 16.7 Å². The number of ether oxygens (including phenoxy) is 1. The van der Waals surface area contributed by atoms with Crippen LogP contribution >= 0.6 is 22.6 Å². The Morgan fingerprint density at radius 3 is 2.58 bits per heavy atom. The Bertz CT molecular complexity index is 946. The maximum Gasteiger partial charge on any atom is 0.368 e. The number of nitrogens with zero attached hydrogens (tertiary/aromatic N) is 4. The molecule has 124 valence electrons. The van der Waals surface area contributed by atoms with Gasteiger partial charge in [0.05, 0.1) is 5.69 Å². The van der Waals surface area contributed by atoms with Crippen LogP contribution in [0.15, 0.2) is 41.2 Å². The van der Waals surface area contributed by atoms with Gasteiger partial charge in [0.15, 0.2) is 0 Å². The van der Waals surface area contributed by atoms with Gasteiger partial charge in [-0.25, -0.2) is 4.79 Å². The van der Waals surface area contributed by atoms with Gasteiger partial charge in [-0.15, -0.1) is 0 Å². The molecule has 0 fully saturated rings. The highest BCUT2D eigenvalue weighted by atomic mass is 127. The largest absolute Gasteiger partial charge is 0.489 e. The molecule has 0 radical (unpaired) electrons. The third kappa shape index (κ3) is 3.21. The summed E-state index contributed by atoms with van der Waals surface area (Å²) in [5, 5.41) is 7.71. The first-order valence-electron chi connectivity index (χ1n) is 7.44. The van der Waals surface area contributed by atoms with E-state index < -0.39 is 0 Å². The lowest BCUT2D eigenvalue weighted by Gasteiger charge is -2.14. The Hall–Kier alpha value is -2.16. The summed E-state index contributed by atoms with van der Waals surface area (Å²) < 4.78 is 9.66. The summed E-state index contributed by atoms with van der Waals surface area (Å²) in [4.78, 5) is 12.2. The number of hydrogen-bond acceptors (Lipinski definition) is 4. The minimum absolute atomic E-state index is 0.285. The smallest absolute Gasteiger partial charge is 0.368 e. The predicted molar refractivity (Wildman–Crippen MR) is 99.6 cm³/mol. The average Bonchev–Trinajstić information content (AvgIpc) is 2.87. The highest BCUT2D eigenvalue weighted by Gasteiger charge is 2.14. The van der Waals surface area contributed by atoms with Gasteiger partial charge >= 0.3 is 5.69 Å². The number of halogens is 1. The van der Waals surface area contributed by atoms with Gasteiger partial charge in [-0.1, -0.05) is 12.1 Å². The Morgan fingerprint density at radius 2 is 1.92 bits per heavy atom. The molecule has 0 spiro atoms. The molecule has 0 saturated carbocycles. The standard InChI is InChI=1S/C17H17IN4O2/c1-11-5-4-6-15(22-17(23)21(3)19-20-22)14(11)10-24-16-8-7-13(18)9-12(16)2/h4-9H,10H2,1-3H3. The number of aromatic nitrogens is 4. The van der Waals surface area contributed by atoms with Crippen molar-refractivity contribution < 1.29 is 4.74 Å². The van der Waals surface area contributed by atoms with Crippen molar-refractivity contribution in [2.24, 2.45) is 7.05 Å². The lowest BCUT2D eigenvalue weighted by atomic mass is 10.1. The molecule has 0 amide bonds. The van der Waals surface area contributed by atoms with Crippen LogP contribution in [0.5, 0.6) is 5.75 Å². The molecule has 3 rings (SSSR count). The third-order valence-electron chi connectivity index (χ3n) is 3.84. The maximum atomic E-state index is 12.2. The summed E-state index contributed by atoms with van der Waals surface area (Å²) in [6, 6.07) is 11.8. The number of tetrazole rings is 1. The van der Waals surface area contributed by atoms with E-state index in [0.717, 1.165) is 22.4 Å². The molecule has 0 aliphatic rings. The van der Waals surface area contributed by atoms with Crippen molar-refractivity contribution in [3.63, 3.8) is 0 Å². The van der Waals surface area contributed by atoms with Crippen molar-refractivity contribution in [2.75, 3.05) is 0 Å². The molecule has 0 bridgehead atoms. The minimum Gasteiger partial charge on any atom is -0.489 e. The monoisotopic (exact) mass is 436 g/mol. The molecule has 1 aromatic heterocycles. The van der Waals surface area contributed by atoms with E-state index in [1.54, 1.807) is 7.05 Å². The normalized spacial score (nSPS) is 10.8. The van der Waals surface area contributed by atoms with Crippen molar-refractivity contribution >= 4 is 22.6 Å². The van der Waals surface area contributed by atoms with E-state index in [1.165, 1.54) is 12.9 Å². The van der Waals surface area contributed by atoms with E-state index in [4.69, 9.17) is 4.74 Å². The second-order valence-corrected chi connectivity index (χ2v) is 6.81. The van der Waals surface area contributed by atoms with Gasteiger partial charge in [0.1, 0.15) is 12.4 Å². The molecule has 0 aliphatic heterocycles. The fourth-order valence-corrected chi connectivity index (χ4v) is 3.11. The molecule has 0 atom stereocenters. The van der Waals surface area contributed by atoms with Gasteiger partial charge in [-0.05, 0) is 82.3 Å². The van der Waals surface area contributed by atoms with Crippen LogP contribution < -0.4 is 10.4 Å². The topological polar surface area (TPSA) is 61.9 Å². The van der Waals surface area contributed by atoms with E-state index in [-0.39, 0.29) is 5.69 Å². The Labute approximate surface area is 153 Å². The second kappa shape index (κ2) is 6.76. The van der Waals surface area contributed by atoms with Crippen molar-refractivity contribution in [3.8, 4) is 11.4 Å². The fourth-order valence-electron chi connectivity index (χ4n) is 2.46. The van der Waals surface area contributed by atoms with Crippen LogP contribution in [0.3, 0.4) is 0 Å². The van der Waals surface area contributed by atoms with E-state index in [2.05, 4.69) is 39.1 Å². The van der Waals surface area contributed by atoms with E-state index in [1.807, 2.05) is 44.2 Å². The molecule has 0 saturated heterocycles. The number of benzene rings is 2.